The van der Waals surface area contributed by atoms with Gasteiger partial charge < -0.3 is 4.74 Å². The zero-order chi connectivity index (χ0) is 32.5. The highest BCUT2D eigenvalue weighted by Crippen LogP contribution is 2.42. The highest BCUT2D eigenvalue weighted by Gasteiger charge is 2.53. The van der Waals surface area contributed by atoms with Gasteiger partial charge in [-0.05, 0) is 40.8 Å². The predicted octanol–water partition coefficient (Wildman–Crippen LogP) is 9.63. The summed E-state index contributed by atoms with van der Waals surface area (Å²) >= 11 is 0. The van der Waals surface area contributed by atoms with E-state index in [2.05, 4.69) is 166 Å². The Morgan fingerprint density at radius 1 is 0.553 bits per heavy atom. The van der Waals surface area contributed by atoms with Crippen molar-refractivity contribution in [3.8, 4) is 22.3 Å². The zero-order valence-corrected chi connectivity index (χ0v) is 27.2. The Bertz CT molecular complexity index is 2040. The van der Waals surface area contributed by atoms with Crippen molar-refractivity contribution >= 4 is 39.5 Å². The molecule has 0 aromatic heterocycles. The van der Waals surface area contributed by atoms with Gasteiger partial charge in [0.2, 0.25) is 11.4 Å². The molecule has 1 aliphatic heterocycles. The minimum absolute atomic E-state index is 0.00463. The Labute approximate surface area is 276 Å². The fraction of sp³-hybridized carbons (Fsp3) is 0.140. The van der Waals surface area contributed by atoms with E-state index in [0.717, 1.165) is 0 Å². The second kappa shape index (κ2) is 12.6. The second-order valence-corrected chi connectivity index (χ2v) is 12.2. The predicted molar refractivity (Wildman–Crippen MR) is 192 cm³/mol. The average molecular weight is 615 g/mol. The van der Waals surface area contributed by atoms with Crippen LogP contribution in [0.15, 0.2) is 146 Å². The van der Waals surface area contributed by atoms with Crippen LogP contribution in [-0.2, 0) is 9.53 Å². The molecule has 6 aromatic carbocycles. The van der Waals surface area contributed by atoms with Gasteiger partial charge in [0.05, 0.1) is 42.2 Å². The van der Waals surface area contributed by atoms with Crippen molar-refractivity contribution in [3.05, 3.63) is 157 Å². The summed E-state index contributed by atoms with van der Waals surface area (Å²) in [5.41, 5.74) is 12.5. The molecule has 0 saturated carbocycles. The van der Waals surface area contributed by atoms with Crippen LogP contribution in [0.5, 0.6) is 0 Å². The molecule has 0 fully saturated rings. The second-order valence-electron chi connectivity index (χ2n) is 12.2. The first-order valence-electron chi connectivity index (χ1n) is 16.2. The van der Waals surface area contributed by atoms with Crippen molar-refractivity contribution < 1.29 is 18.7 Å². The van der Waals surface area contributed by atoms with E-state index >= 15 is 0 Å². The molecule has 0 unspecified atom stereocenters. The lowest BCUT2D eigenvalue weighted by molar-refractivity contribution is -0.687. The standard InChI is InChI=1S/C38H28N2.C5H10O2/c1-26-39(34-24-10-8-20-30(34)27-14-4-2-5-15-27)37-32-22-12-18-29-19-13-23-33(36(29)32)38(37)40(26)35-25-11-9-21-31(35)28-16-6-3-7-17-28;1-4(2)5(6)7-3/h2-26H,1H3;4H,1-3H3/q+2;. The lowest BCUT2D eigenvalue weighted by atomic mass is 10.0. The fourth-order valence-electron chi connectivity index (χ4n) is 6.94. The first kappa shape index (κ1) is 30.1. The van der Waals surface area contributed by atoms with Gasteiger partial charge in [0.15, 0.2) is 0 Å². The normalized spacial score (nSPS) is 13.6. The van der Waals surface area contributed by atoms with Crippen LogP contribution in [0.1, 0.15) is 31.9 Å². The summed E-state index contributed by atoms with van der Waals surface area (Å²) in [5, 5.41) is 2.62. The first-order valence-corrected chi connectivity index (χ1v) is 16.2. The number of carbonyl (C=O) groups is 1. The smallest absolute Gasteiger partial charge is 0.351 e. The van der Waals surface area contributed by atoms with Crippen molar-refractivity contribution in [2.24, 2.45) is 5.92 Å². The third-order valence-corrected chi connectivity index (χ3v) is 9.04. The number of nitrogens with zero attached hydrogens (tertiary/aromatic N) is 2. The number of hydrogen-bond donors (Lipinski definition) is 0. The molecule has 4 heteroatoms. The minimum atomic E-state index is -0.153. The Hall–Kier alpha value is -5.61. The van der Waals surface area contributed by atoms with Gasteiger partial charge >= 0.3 is 12.1 Å². The number of ether oxygens (including phenoxy) is 1. The minimum Gasteiger partial charge on any atom is -0.469 e. The number of esters is 1. The van der Waals surface area contributed by atoms with Crippen molar-refractivity contribution in [2.45, 2.75) is 26.9 Å². The van der Waals surface area contributed by atoms with Crippen molar-refractivity contribution in [1.82, 2.24) is 0 Å². The molecule has 0 bridgehead atoms. The molecule has 0 N–H and O–H groups in total. The molecule has 0 atom stereocenters. The largest absolute Gasteiger partial charge is 0.469 e. The SMILES string of the molecule is CC1[N+](c2ccccc2-c2ccccc2)=C2C(=[N+]1c1ccccc1-c1ccccc1)c1cccc3cccc2c13.COC(=O)C(C)C. The monoisotopic (exact) mass is 614 g/mol. The molecule has 1 aliphatic carbocycles. The van der Waals surface area contributed by atoms with E-state index < -0.39 is 0 Å². The maximum absolute atomic E-state index is 10.3. The van der Waals surface area contributed by atoms with Crippen molar-refractivity contribution in [3.63, 3.8) is 0 Å². The summed E-state index contributed by atoms with van der Waals surface area (Å²) in [6.07, 6.45) is 0.0586. The Morgan fingerprint density at radius 3 is 1.36 bits per heavy atom. The highest BCUT2D eigenvalue weighted by atomic mass is 16.5. The zero-order valence-electron chi connectivity index (χ0n) is 27.2. The van der Waals surface area contributed by atoms with Gasteiger partial charge in [-0.25, -0.2) is 0 Å². The van der Waals surface area contributed by atoms with Gasteiger partial charge in [-0.1, -0.05) is 123 Å². The van der Waals surface area contributed by atoms with Crippen molar-refractivity contribution in [1.29, 1.82) is 0 Å². The van der Waals surface area contributed by atoms with Crippen LogP contribution in [0.4, 0.5) is 11.4 Å². The molecule has 0 spiro atoms. The van der Waals surface area contributed by atoms with Crippen molar-refractivity contribution in [2.75, 3.05) is 7.11 Å². The molecule has 1 heterocycles. The lowest BCUT2D eigenvalue weighted by Gasteiger charge is -2.13. The van der Waals surface area contributed by atoms with E-state index in [1.807, 2.05) is 0 Å². The van der Waals surface area contributed by atoms with Crippen LogP contribution < -0.4 is 0 Å². The topological polar surface area (TPSA) is 32.3 Å². The average Bonchev–Trinajstić information content (AvgIpc) is 3.61. The molecule has 4 nitrogen and oxygen atoms in total. The van der Waals surface area contributed by atoms with Gasteiger partial charge in [0.1, 0.15) is 0 Å². The third kappa shape index (κ3) is 5.26. The Kier molecular flexibility index (Phi) is 8.09. The van der Waals surface area contributed by atoms with Crippen LogP contribution in [0.3, 0.4) is 0 Å². The van der Waals surface area contributed by atoms with Crippen LogP contribution in [-0.4, -0.2) is 39.8 Å². The molecule has 0 amide bonds. The van der Waals surface area contributed by atoms with Gasteiger partial charge in [-0.3, -0.25) is 4.79 Å². The first-order chi connectivity index (χ1) is 23.0. The summed E-state index contributed by atoms with van der Waals surface area (Å²) < 4.78 is 9.50. The van der Waals surface area contributed by atoms with E-state index in [1.54, 1.807) is 13.8 Å². The van der Waals surface area contributed by atoms with E-state index in [0.29, 0.717) is 0 Å². The van der Waals surface area contributed by atoms with Crippen LogP contribution in [0.25, 0.3) is 33.0 Å². The number of carbonyl (C=O) groups excluding carboxylic acids is 1. The van der Waals surface area contributed by atoms with Gasteiger partial charge in [0.25, 0.3) is 11.4 Å². The Balaban J connectivity index is 0.000000455. The number of methoxy groups -OCH3 is 1. The summed E-state index contributed by atoms with van der Waals surface area (Å²) in [5.74, 6) is -0.148. The van der Waals surface area contributed by atoms with E-state index in [1.165, 1.54) is 74.1 Å². The number of benzene rings is 6. The van der Waals surface area contributed by atoms with E-state index in [-0.39, 0.29) is 18.1 Å². The van der Waals surface area contributed by atoms with Gasteiger partial charge in [-0.15, -0.1) is 9.15 Å². The molecule has 230 valence electrons. The molecule has 47 heavy (non-hydrogen) atoms. The Morgan fingerprint density at radius 2 is 0.957 bits per heavy atom. The number of hydrogen-bond acceptors (Lipinski definition) is 2. The number of fused-ring (bicyclic) bond motifs is 3. The maximum Gasteiger partial charge on any atom is 0.351 e. The fourth-order valence-corrected chi connectivity index (χ4v) is 6.94. The molecular weight excluding hydrogens is 576 g/mol. The highest BCUT2D eigenvalue weighted by molar-refractivity contribution is 6.58. The van der Waals surface area contributed by atoms with Gasteiger partial charge in [0, 0.05) is 17.5 Å². The molecule has 6 aromatic rings. The molecule has 0 saturated heterocycles. The molecule has 2 aliphatic rings. The quantitative estimate of drug-likeness (QED) is 0.143. The number of rotatable bonds is 5. The third-order valence-electron chi connectivity index (χ3n) is 9.04. The summed E-state index contributed by atoms with van der Waals surface area (Å²) in [6.45, 7) is 5.93. The van der Waals surface area contributed by atoms with Gasteiger partial charge in [-0.2, -0.15) is 0 Å². The van der Waals surface area contributed by atoms with E-state index in [9.17, 15) is 4.79 Å². The van der Waals surface area contributed by atoms with Crippen LogP contribution >= 0.6 is 0 Å². The maximum atomic E-state index is 10.3. The summed E-state index contributed by atoms with van der Waals surface area (Å²) in [6, 6.07) is 52.6. The summed E-state index contributed by atoms with van der Waals surface area (Å²) in [7, 11) is 1.39. The van der Waals surface area contributed by atoms with E-state index in [4.69, 9.17) is 0 Å². The molecule has 0 radical (unpaired) electrons. The molecule has 8 rings (SSSR count). The van der Waals surface area contributed by atoms with Crippen LogP contribution in [0, 0.1) is 5.92 Å². The van der Waals surface area contributed by atoms with Crippen LogP contribution in [0.2, 0.25) is 0 Å². The summed E-state index contributed by atoms with van der Waals surface area (Å²) in [4.78, 5) is 10.3. The molecular formula is C43H38N2O2+2. The number of para-hydroxylation sites is 2. The lowest BCUT2D eigenvalue weighted by Crippen LogP contribution is -2.27.